The maximum absolute atomic E-state index is 13.1. The molecule has 0 aliphatic heterocycles. The molecule has 0 aliphatic rings. The number of hydrogen-bond acceptors (Lipinski definition) is 5. The second kappa shape index (κ2) is 12.2. The van der Waals surface area contributed by atoms with Crippen LogP contribution in [0.3, 0.4) is 0 Å². The van der Waals surface area contributed by atoms with Crippen LogP contribution in [0, 0.1) is 0 Å². The number of methoxy groups -OCH3 is 1. The van der Waals surface area contributed by atoms with Gasteiger partial charge in [0.2, 0.25) is 0 Å². The fraction of sp³-hybridized carbons (Fsp3) is 0.179. The van der Waals surface area contributed by atoms with E-state index >= 15 is 0 Å². The number of aryl methyl sites for hydroxylation is 1. The van der Waals surface area contributed by atoms with E-state index in [2.05, 4.69) is 15.6 Å². The zero-order chi connectivity index (χ0) is 27.8. The fourth-order valence-corrected chi connectivity index (χ4v) is 3.65. The van der Waals surface area contributed by atoms with E-state index in [1.54, 1.807) is 43.0 Å². The topological polar surface area (TPSA) is 98.4 Å². The lowest BCUT2D eigenvalue weighted by Crippen LogP contribution is -2.35. The molecule has 4 rings (SSSR count). The molecule has 2 N–H and O–H groups in total. The summed E-state index contributed by atoms with van der Waals surface area (Å²) < 4.78 is 52.1. The molecule has 2 amide bonds. The Morgan fingerprint density at radius 3 is 2.59 bits per heavy atom. The molecule has 4 aromatic rings. The second-order valence-corrected chi connectivity index (χ2v) is 8.43. The first-order valence-electron chi connectivity index (χ1n) is 11.9. The number of imidazole rings is 1. The Morgan fingerprint density at radius 2 is 1.90 bits per heavy atom. The Bertz CT molecular complexity index is 1440. The van der Waals surface area contributed by atoms with Crippen LogP contribution in [-0.2, 0) is 17.5 Å². The summed E-state index contributed by atoms with van der Waals surface area (Å²) in [5.41, 5.74) is -0.393. The molecule has 0 saturated heterocycles. The van der Waals surface area contributed by atoms with E-state index in [-0.39, 0.29) is 22.8 Å². The molecule has 0 fully saturated rings. The van der Waals surface area contributed by atoms with Gasteiger partial charge in [-0.15, -0.1) is 0 Å². The molecular formula is C28H25F3N4O4. The number of aromatic nitrogens is 2. The predicted octanol–water partition coefficient (Wildman–Crippen LogP) is 5.15. The summed E-state index contributed by atoms with van der Waals surface area (Å²) in [6.45, 7) is 0.955. The molecule has 0 spiro atoms. The van der Waals surface area contributed by atoms with Crippen LogP contribution in [0.5, 0.6) is 5.75 Å². The van der Waals surface area contributed by atoms with Crippen molar-refractivity contribution in [1.82, 2.24) is 20.2 Å². The van der Waals surface area contributed by atoms with Gasteiger partial charge in [0.05, 0.1) is 19.0 Å². The molecule has 0 unspecified atom stereocenters. The van der Waals surface area contributed by atoms with E-state index in [4.69, 9.17) is 9.15 Å². The van der Waals surface area contributed by atoms with E-state index in [1.165, 1.54) is 37.5 Å². The van der Waals surface area contributed by atoms with Gasteiger partial charge < -0.3 is 24.4 Å². The van der Waals surface area contributed by atoms with Crippen molar-refractivity contribution in [3.63, 3.8) is 0 Å². The van der Waals surface area contributed by atoms with E-state index in [1.807, 2.05) is 4.57 Å². The van der Waals surface area contributed by atoms with Gasteiger partial charge in [-0.3, -0.25) is 9.59 Å². The van der Waals surface area contributed by atoms with Crippen molar-refractivity contribution in [3.8, 4) is 17.1 Å². The Labute approximate surface area is 222 Å². The number of rotatable bonds is 10. The van der Waals surface area contributed by atoms with Gasteiger partial charge in [0.25, 0.3) is 11.8 Å². The van der Waals surface area contributed by atoms with E-state index < -0.39 is 23.6 Å². The smallest absolute Gasteiger partial charge is 0.416 e. The molecule has 39 heavy (non-hydrogen) atoms. The molecule has 2 aromatic carbocycles. The van der Waals surface area contributed by atoms with E-state index in [0.717, 1.165) is 12.1 Å². The van der Waals surface area contributed by atoms with Crippen LogP contribution in [-0.4, -0.2) is 35.0 Å². The average Bonchev–Trinajstić information content (AvgIpc) is 3.63. The highest BCUT2D eigenvalue weighted by Gasteiger charge is 2.30. The van der Waals surface area contributed by atoms with Gasteiger partial charge in [0.1, 0.15) is 23.0 Å². The van der Waals surface area contributed by atoms with E-state index in [0.29, 0.717) is 30.8 Å². The first kappa shape index (κ1) is 27.2. The fourth-order valence-electron chi connectivity index (χ4n) is 3.65. The Morgan fingerprint density at radius 1 is 1.10 bits per heavy atom. The quantitative estimate of drug-likeness (QED) is 0.215. The van der Waals surface area contributed by atoms with Gasteiger partial charge in [0.15, 0.2) is 0 Å². The predicted molar refractivity (Wildman–Crippen MR) is 137 cm³/mol. The van der Waals surface area contributed by atoms with Gasteiger partial charge in [-0.2, -0.15) is 13.2 Å². The highest BCUT2D eigenvalue weighted by Crippen LogP contribution is 2.32. The third-order valence-corrected chi connectivity index (χ3v) is 5.67. The van der Waals surface area contributed by atoms with E-state index in [9.17, 15) is 22.8 Å². The molecule has 0 bridgehead atoms. The lowest BCUT2D eigenvalue weighted by Gasteiger charge is -2.11. The molecule has 0 radical (unpaired) electrons. The Hall–Kier alpha value is -4.80. The third kappa shape index (κ3) is 7.37. The van der Waals surface area contributed by atoms with Crippen LogP contribution in [0.2, 0.25) is 0 Å². The lowest BCUT2D eigenvalue weighted by molar-refractivity contribution is -0.137. The number of nitrogens with zero attached hydrogens (tertiary/aromatic N) is 2. The summed E-state index contributed by atoms with van der Waals surface area (Å²) in [4.78, 5) is 29.8. The zero-order valence-corrected chi connectivity index (χ0v) is 20.9. The highest BCUT2D eigenvalue weighted by atomic mass is 19.4. The molecule has 2 aromatic heterocycles. The minimum Gasteiger partial charge on any atom is -0.497 e. The molecule has 11 heteroatoms. The highest BCUT2D eigenvalue weighted by molar-refractivity contribution is 6.05. The SMILES string of the molecule is COc1ccc(C(=O)N/C(=C/c2ccc(-c3cccc(C(F)(F)F)c3)o2)C(=O)NCCCn2ccnc2)cc1. The minimum atomic E-state index is -4.50. The van der Waals surface area contributed by atoms with Gasteiger partial charge >= 0.3 is 6.18 Å². The van der Waals surface area contributed by atoms with Crippen LogP contribution < -0.4 is 15.4 Å². The molecular weight excluding hydrogens is 513 g/mol. The molecule has 0 saturated carbocycles. The van der Waals surface area contributed by atoms with Crippen LogP contribution in [0.25, 0.3) is 17.4 Å². The number of ether oxygens (including phenoxy) is 1. The minimum absolute atomic E-state index is 0.0941. The van der Waals surface area contributed by atoms with Crippen molar-refractivity contribution in [2.24, 2.45) is 0 Å². The van der Waals surface area contributed by atoms with Crippen LogP contribution >= 0.6 is 0 Å². The number of alkyl halides is 3. The number of nitrogens with one attached hydrogen (secondary N) is 2. The summed E-state index contributed by atoms with van der Waals surface area (Å²) in [6, 6.07) is 14.0. The molecule has 2 heterocycles. The van der Waals surface area contributed by atoms with Crippen LogP contribution in [0.4, 0.5) is 13.2 Å². The number of benzene rings is 2. The molecule has 8 nitrogen and oxygen atoms in total. The Balaban J connectivity index is 1.53. The maximum atomic E-state index is 13.1. The third-order valence-electron chi connectivity index (χ3n) is 5.67. The summed E-state index contributed by atoms with van der Waals surface area (Å²) in [6.07, 6.45) is 2.57. The van der Waals surface area contributed by atoms with Crippen molar-refractivity contribution in [1.29, 1.82) is 0 Å². The zero-order valence-electron chi connectivity index (χ0n) is 20.9. The van der Waals surface area contributed by atoms with Crippen molar-refractivity contribution in [2.45, 2.75) is 19.1 Å². The van der Waals surface area contributed by atoms with Crippen LogP contribution in [0.1, 0.15) is 28.1 Å². The number of carbonyl (C=O) groups excluding carboxylic acids is 2. The van der Waals surface area contributed by atoms with Crippen LogP contribution in [0.15, 0.2) is 89.5 Å². The van der Waals surface area contributed by atoms with Crippen molar-refractivity contribution in [3.05, 3.63) is 102 Å². The summed E-state index contributed by atoms with van der Waals surface area (Å²) in [5.74, 6) is -0.188. The van der Waals surface area contributed by atoms with Gasteiger partial charge in [-0.05, 0) is 55.0 Å². The van der Waals surface area contributed by atoms with Gasteiger partial charge in [-0.1, -0.05) is 12.1 Å². The van der Waals surface area contributed by atoms with Crippen molar-refractivity contribution < 1.29 is 31.9 Å². The molecule has 0 atom stereocenters. The monoisotopic (exact) mass is 538 g/mol. The number of amides is 2. The maximum Gasteiger partial charge on any atom is 0.416 e. The average molecular weight is 539 g/mol. The number of furan rings is 1. The van der Waals surface area contributed by atoms with Gasteiger partial charge in [-0.25, -0.2) is 4.98 Å². The Kier molecular flexibility index (Phi) is 8.50. The normalized spacial score (nSPS) is 11.7. The standard InChI is InChI=1S/C28H25F3N4O4/c1-38-22-8-6-19(7-9-22)26(36)34-24(27(37)33-12-3-14-35-15-13-32-18-35)17-23-10-11-25(39-23)20-4-2-5-21(16-20)28(29,30)31/h2,4-11,13,15-18H,3,12,14H2,1H3,(H,33,37)(H,34,36)/b24-17+. The van der Waals surface area contributed by atoms with Crippen molar-refractivity contribution in [2.75, 3.05) is 13.7 Å². The first-order valence-corrected chi connectivity index (χ1v) is 11.9. The number of hydrogen-bond donors (Lipinski definition) is 2. The molecule has 202 valence electrons. The number of carbonyl (C=O) groups is 2. The molecule has 0 aliphatic carbocycles. The summed E-state index contributed by atoms with van der Waals surface area (Å²) >= 11 is 0. The summed E-state index contributed by atoms with van der Waals surface area (Å²) in [5, 5.41) is 5.36. The largest absolute Gasteiger partial charge is 0.497 e. The summed E-state index contributed by atoms with van der Waals surface area (Å²) in [7, 11) is 1.50. The van der Waals surface area contributed by atoms with Crippen molar-refractivity contribution >= 4 is 17.9 Å². The lowest BCUT2D eigenvalue weighted by atomic mass is 10.1. The first-order chi connectivity index (χ1) is 18.7. The second-order valence-electron chi connectivity index (χ2n) is 8.43. The van der Waals surface area contributed by atoms with Gasteiger partial charge in [0, 0.05) is 42.7 Å². The number of halogens is 3.